The summed E-state index contributed by atoms with van der Waals surface area (Å²) in [5.41, 5.74) is 1.68. The molecule has 3 aromatic heterocycles. The first-order valence-electron chi connectivity index (χ1n) is 13.3. The molecule has 3 aliphatic heterocycles. The largest absolute Gasteiger partial charge is 0.438 e. The second-order valence-electron chi connectivity index (χ2n) is 11.2. The van der Waals surface area contributed by atoms with Crippen molar-refractivity contribution in [3.8, 4) is 46.2 Å². The van der Waals surface area contributed by atoms with Crippen LogP contribution in [-0.2, 0) is 17.8 Å². The van der Waals surface area contributed by atoms with Crippen LogP contribution in [0, 0.1) is 0 Å². The van der Waals surface area contributed by atoms with Crippen LogP contribution in [0.1, 0.15) is 36.2 Å². The quantitative estimate of drug-likeness (QED) is 0.193. The molecule has 0 N–H and O–H groups in total. The van der Waals surface area contributed by atoms with Crippen LogP contribution in [0.3, 0.4) is 0 Å². The fourth-order valence-electron chi connectivity index (χ4n) is 6.05. The summed E-state index contributed by atoms with van der Waals surface area (Å²) in [6, 6.07) is 8.92. The van der Waals surface area contributed by atoms with Crippen LogP contribution < -0.4 is 25.9 Å². The molecular weight excluding hydrogens is 587 g/mol. The van der Waals surface area contributed by atoms with Gasteiger partial charge in [-0.05, 0) is 35.3 Å². The normalized spacial score (nSPS) is 15.3. The van der Waals surface area contributed by atoms with Gasteiger partial charge in [-0.25, -0.2) is 4.98 Å². The van der Waals surface area contributed by atoms with Crippen molar-refractivity contribution in [3.63, 3.8) is 0 Å². The fourth-order valence-corrected chi connectivity index (χ4v) is 6.05. The SMILES string of the molecule is CC1(C)c2cncc3c2B2c4c(nc(-c5ccc(C(F)(F)F)cc5)nc4Oc4nc(-c5ccc(C(F)(F)F)cc5)nc1c42)O3. The second kappa shape index (κ2) is 8.55. The first-order valence-corrected chi connectivity index (χ1v) is 13.3. The Morgan fingerprint density at radius 3 is 1.66 bits per heavy atom. The summed E-state index contributed by atoms with van der Waals surface area (Å²) < 4.78 is 91.7. The summed E-state index contributed by atoms with van der Waals surface area (Å²) in [7, 11) is 0. The van der Waals surface area contributed by atoms with Crippen molar-refractivity contribution in [2.45, 2.75) is 31.6 Å². The van der Waals surface area contributed by atoms with Crippen LogP contribution in [0.15, 0.2) is 60.9 Å². The lowest BCUT2D eigenvalue weighted by Gasteiger charge is -2.41. The Morgan fingerprint density at radius 2 is 1.11 bits per heavy atom. The standard InChI is InChI=1S/C30H16BF6N5O2/c1-28(2)17-11-38-12-18-19(17)31-20-22(28)39-23(13-3-7-15(8-4-13)29(32,33)34)40-25(20)44-27-21(31)26(43-18)41-24(42-27)14-5-9-16(10-6-14)30(35,36)37/h3-12H,1-2H3. The van der Waals surface area contributed by atoms with Crippen molar-refractivity contribution in [3.05, 3.63) is 83.3 Å². The number of alkyl halides is 6. The molecule has 0 fully saturated rings. The minimum absolute atomic E-state index is 0.0665. The van der Waals surface area contributed by atoms with E-state index in [-0.39, 0.29) is 29.3 Å². The molecule has 8 rings (SSSR count). The van der Waals surface area contributed by atoms with Crippen LogP contribution in [-0.4, -0.2) is 31.6 Å². The van der Waals surface area contributed by atoms with Crippen LogP contribution in [0.2, 0.25) is 0 Å². The molecule has 7 nitrogen and oxygen atoms in total. The summed E-state index contributed by atoms with van der Waals surface area (Å²) in [6.07, 6.45) is -5.73. The van der Waals surface area contributed by atoms with Gasteiger partial charge in [0.15, 0.2) is 11.6 Å². The molecule has 3 aliphatic rings. The molecule has 0 atom stereocenters. The molecule has 5 aromatic rings. The molecule has 0 saturated heterocycles. The van der Waals surface area contributed by atoms with E-state index < -0.39 is 35.6 Å². The van der Waals surface area contributed by atoms with E-state index in [9.17, 15) is 26.3 Å². The summed E-state index contributed by atoms with van der Waals surface area (Å²) in [6.45, 7) is 3.40. The average molecular weight is 603 g/mol. The monoisotopic (exact) mass is 603 g/mol. The summed E-state index contributed by atoms with van der Waals surface area (Å²) in [5, 5.41) is 0. The maximum atomic E-state index is 13.2. The minimum Gasteiger partial charge on any atom is -0.438 e. The first-order chi connectivity index (χ1) is 20.8. The third-order valence-corrected chi connectivity index (χ3v) is 8.21. The van der Waals surface area contributed by atoms with Gasteiger partial charge in [0.2, 0.25) is 17.6 Å². The maximum Gasteiger partial charge on any atom is 0.416 e. The average Bonchev–Trinajstić information content (AvgIpc) is 2.98. The highest BCUT2D eigenvalue weighted by Crippen LogP contribution is 2.43. The lowest BCUT2D eigenvalue weighted by Crippen LogP contribution is -2.65. The van der Waals surface area contributed by atoms with Gasteiger partial charge in [0.05, 0.1) is 28.5 Å². The van der Waals surface area contributed by atoms with E-state index in [0.29, 0.717) is 33.5 Å². The lowest BCUT2D eigenvalue weighted by atomic mass is 9.31. The van der Waals surface area contributed by atoms with Gasteiger partial charge in [-0.3, -0.25) is 4.98 Å². The third-order valence-electron chi connectivity index (χ3n) is 8.21. The topological polar surface area (TPSA) is 82.9 Å². The number of ether oxygens (including phenoxy) is 2. The van der Waals surface area contributed by atoms with E-state index >= 15 is 0 Å². The number of hydrogen-bond donors (Lipinski definition) is 0. The van der Waals surface area contributed by atoms with Crippen LogP contribution in [0.5, 0.6) is 23.4 Å². The number of benzene rings is 2. The van der Waals surface area contributed by atoms with E-state index in [1.807, 2.05) is 13.8 Å². The predicted molar refractivity (Wildman–Crippen MR) is 146 cm³/mol. The first kappa shape index (κ1) is 26.6. The van der Waals surface area contributed by atoms with Gasteiger partial charge in [-0.1, -0.05) is 38.1 Å². The van der Waals surface area contributed by atoms with Gasteiger partial charge < -0.3 is 9.47 Å². The Bertz CT molecular complexity index is 2030. The number of pyridine rings is 1. The van der Waals surface area contributed by atoms with E-state index in [0.717, 1.165) is 35.3 Å². The van der Waals surface area contributed by atoms with Gasteiger partial charge in [-0.2, -0.15) is 41.3 Å². The molecule has 0 amide bonds. The Hall–Kier alpha value is -5.01. The summed E-state index contributed by atoms with van der Waals surface area (Å²) in [5.74, 6) is 1.08. The molecule has 218 valence electrons. The molecule has 0 saturated carbocycles. The Labute approximate surface area is 245 Å². The third kappa shape index (κ3) is 3.75. The number of halogens is 6. The zero-order valence-corrected chi connectivity index (χ0v) is 22.7. The zero-order valence-electron chi connectivity index (χ0n) is 22.7. The highest BCUT2D eigenvalue weighted by atomic mass is 19.4. The molecule has 0 spiro atoms. The zero-order chi connectivity index (χ0) is 30.8. The molecule has 0 unspecified atom stereocenters. The molecule has 2 aromatic carbocycles. The van der Waals surface area contributed by atoms with Gasteiger partial charge in [0.1, 0.15) is 5.75 Å². The maximum absolute atomic E-state index is 13.2. The molecule has 44 heavy (non-hydrogen) atoms. The van der Waals surface area contributed by atoms with Crippen molar-refractivity contribution < 1.29 is 35.8 Å². The van der Waals surface area contributed by atoms with E-state index in [1.54, 1.807) is 12.4 Å². The highest BCUT2D eigenvalue weighted by Gasteiger charge is 2.53. The molecule has 6 heterocycles. The molecule has 0 bridgehead atoms. The van der Waals surface area contributed by atoms with Crippen LogP contribution in [0.25, 0.3) is 22.8 Å². The van der Waals surface area contributed by atoms with Crippen molar-refractivity contribution in [1.82, 2.24) is 24.9 Å². The Kier molecular flexibility index (Phi) is 5.17. The van der Waals surface area contributed by atoms with Gasteiger partial charge in [-0.15, -0.1) is 0 Å². The molecule has 0 radical (unpaired) electrons. The Morgan fingerprint density at radius 1 is 0.614 bits per heavy atom. The number of hydrogen-bond acceptors (Lipinski definition) is 7. The van der Waals surface area contributed by atoms with Gasteiger partial charge >= 0.3 is 12.4 Å². The number of nitrogens with zero attached hydrogens (tertiary/aromatic N) is 5. The van der Waals surface area contributed by atoms with Crippen molar-refractivity contribution >= 4 is 23.1 Å². The van der Waals surface area contributed by atoms with Crippen LogP contribution in [0.4, 0.5) is 26.3 Å². The van der Waals surface area contributed by atoms with Crippen LogP contribution >= 0.6 is 0 Å². The van der Waals surface area contributed by atoms with Crippen molar-refractivity contribution in [1.29, 1.82) is 0 Å². The van der Waals surface area contributed by atoms with Gasteiger partial charge in [0.25, 0.3) is 6.71 Å². The molecular formula is C30H16BF6N5O2. The van der Waals surface area contributed by atoms with E-state index in [4.69, 9.17) is 14.5 Å². The molecule has 0 aliphatic carbocycles. The Balaban J connectivity index is 1.33. The second-order valence-corrected chi connectivity index (χ2v) is 11.2. The summed E-state index contributed by atoms with van der Waals surface area (Å²) in [4.78, 5) is 23.0. The smallest absolute Gasteiger partial charge is 0.416 e. The van der Waals surface area contributed by atoms with Gasteiger partial charge in [0, 0.05) is 28.2 Å². The number of rotatable bonds is 2. The summed E-state index contributed by atoms with van der Waals surface area (Å²) >= 11 is 0. The molecule has 14 heteroatoms. The van der Waals surface area contributed by atoms with E-state index in [2.05, 4.69) is 19.9 Å². The van der Waals surface area contributed by atoms with Crippen molar-refractivity contribution in [2.75, 3.05) is 0 Å². The number of aromatic nitrogens is 5. The van der Waals surface area contributed by atoms with Crippen molar-refractivity contribution in [2.24, 2.45) is 0 Å². The highest BCUT2D eigenvalue weighted by molar-refractivity contribution is 6.99. The fraction of sp³-hybridized carbons (Fsp3) is 0.167. The minimum atomic E-state index is -4.51. The lowest BCUT2D eigenvalue weighted by molar-refractivity contribution is -0.138. The van der Waals surface area contributed by atoms with E-state index in [1.165, 1.54) is 24.3 Å². The predicted octanol–water partition coefficient (Wildman–Crippen LogP) is 5.40.